The van der Waals surface area contributed by atoms with Gasteiger partial charge in [0.25, 0.3) is 17.7 Å². The zero-order valence-corrected chi connectivity index (χ0v) is 16.2. The Morgan fingerprint density at radius 2 is 1.82 bits per heavy atom. The minimum absolute atomic E-state index is 0.200. The molecule has 1 fully saturated rings. The Bertz CT molecular complexity index is 787. The number of hydroxylamine groups is 1. The summed E-state index contributed by atoms with van der Waals surface area (Å²) in [4.78, 5) is 38.0. The highest BCUT2D eigenvalue weighted by molar-refractivity contribution is 6.12. The molecule has 1 aromatic carbocycles. The van der Waals surface area contributed by atoms with Crippen LogP contribution < -0.4 is 10.8 Å². The number of hydrogen-bond donors (Lipinski definition) is 4. The van der Waals surface area contributed by atoms with Crippen LogP contribution in [0.4, 0.5) is 0 Å². The number of carbonyl (C=O) groups is 3. The second-order valence-electron chi connectivity index (χ2n) is 7.02. The maximum Gasteiger partial charge on any atom is 0.278 e. The van der Waals surface area contributed by atoms with E-state index in [1.54, 1.807) is 24.3 Å². The fraction of sp³-hybridized carbons (Fsp3) is 0.450. The molecule has 8 heteroatoms. The van der Waals surface area contributed by atoms with E-state index in [0.29, 0.717) is 5.92 Å². The predicted molar refractivity (Wildman–Crippen MR) is 101 cm³/mol. The number of nitrogens with one attached hydrogen (secondary N) is 2. The van der Waals surface area contributed by atoms with E-state index < -0.39 is 23.3 Å². The molecule has 1 saturated carbocycles. The van der Waals surface area contributed by atoms with Crippen LogP contribution in [-0.2, 0) is 9.59 Å². The van der Waals surface area contributed by atoms with Crippen molar-refractivity contribution in [2.24, 2.45) is 11.8 Å². The van der Waals surface area contributed by atoms with E-state index in [0.717, 1.165) is 23.3 Å². The van der Waals surface area contributed by atoms with Gasteiger partial charge in [-0.3, -0.25) is 19.6 Å². The number of aliphatic hydroxyl groups excluding tert-OH is 1. The van der Waals surface area contributed by atoms with Crippen molar-refractivity contribution in [1.82, 2.24) is 15.7 Å². The van der Waals surface area contributed by atoms with Gasteiger partial charge in [-0.05, 0) is 49.9 Å². The van der Waals surface area contributed by atoms with Crippen LogP contribution in [0.15, 0.2) is 24.3 Å². The van der Waals surface area contributed by atoms with Crippen molar-refractivity contribution in [3.05, 3.63) is 35.4 Å². The van der Waals surface area contributed by atoms with Gasteiger partial charge >= 0.3 is 0 Å². The van der Waals surface area contributed by atoms with Gasteiger partial charge in [0.05, 0.1) is 0 Å². The first-order chi connectivity index (χ1) is 13.3. The summed E-state index contributed by atoms with van der Waals surface area (Å²) in [6.07, 6.45) is 1.80. The molecule has 0 aromatic heterocycles. The molecule has 0 spiro atoms. The summed E-state index contributed by atoms with van der Waals surface area (Å²) in [7, 11) is 2.65. The molecule has 1 aliphatic rings. The van der Waals surface area contributed by atoms with Crippen LogP contribution in [0.1, 0.15) is 35.7 Å². The van der Waals surface area contributed by atoms with Crippen LogP contribution in [0.5, 0.6) is 0 Å². The highest BCUT2D eigenvalue weighted by Crippen LogP contribution is 2.32. The monoisotopic (exact) mass is 387 g/mol. The van der Waals surface area contributed by atoms with Gasteiger partial charge in [0, 0.05) is 37.7 Å². The van der Waals surface area contributed by atoms with Gasteiger partial charge in [0.1, 0.15) is 0 Å². The van der Waals surface area contributed by atoms with Crippen LogP contribution in [0, 0.1) is 23.7 Å². The number of aliphatic hydroxyl groups is 1. The average molecular weight is 387 g/mol. The van der Waals surface area contributed by atoms with E-state index in [9.17, 15) is 14.4 Å². The Labute approximate surface area is 163 Å². The predicted octanol–water partition coefficient (Wildman–Crippen LogP) is 0.139. The topological polar surface area (TPSA) is 119 Å². The van der Waals surface area contributed by atoms with Crippen molar-refractivity contribution in [2.45, 2.75) is 25.3 Å². The van der Waals surface area contributed by atoms with Gasteiger partial charge in [0.15, 0.2) is 5.54 Å². The van der Waals surface area contributed by atoms with Crippen molar-refractivity contribution < 1.29 is 24.7 Å². The number of rotatable bonds is 5. The molecule has 28 heavy (non-hydrogen) atoms. The molecular formula is C20H25N3O5. The lowest BCUT2D eigenvalue weighted by atomic mass is 9.76. The number of hydrogen-bond acceptors (Lipinski definition) is 5. The summed E-state index contributed by atoms with van der Waals surface area (Å²) in [5.74, 6) is 4.52. The number of benzene rings is 1. The van der Waals surface area contributed by atoms with Crippen LogP contribution in [0.2, 0.25) is 0 Å². The normalized spacial score (nSPS) is 19.9. The van der Waals surface area contributed by atoms with E-state index in [4.69, 9.17) is 10.3 Å². The highest BCUT2D eigenvalue weighted by atomic mass is 16.5. The molecule has 1 aliphatic carbocycles. The highest BCUT2D eigenvalue weighted by Gasteiger charge is 2.47. The lowest BCUT2D eigenvalue weighted by Crippen LogP contribution is -2.64. The molecule has 1 atom stereocenters. The van der Waals surface area contributed by atoms with E-state index in [2.05, 4.69) is 17.2 Å². The summed E-state index contributed by atoms with van der Waals surface area (Å²) >= 11 is 0. The minimum atomic E-state index is -1.92. The second kappa shape index (κ2) is 8.87. The maximum absolute atomic E-state index is 12.8. The fourth-order valence-electron chi connectivity index (χ4n) is 3.04. The van der Waals surface area contributed by atoms with Crippen molar-refractivity contribution in [2.75, 3.05) is 20.7 Å². The molecule has 0 aliphatic heterocycles. The third kappa shape index (κ3) is 4.16. The molecular weight excluding hydrogens is 362 g/mol. The van der Waals surface area contributed by atoms with Gasteiger partial charge in [-0.25, -0.2) is 5.48 Å². The van der Waals surface area contributed by atoms with Crippen LogP contribution in [0.3, 0.4) is 0 Å². The molecule has 0 saturated heterocycles. The van der Waals surface area contributed by atoms with Gasteiger partial charge in [-0.2, -0.15) is 0 Å². The van der Waals surface area contributed by atoms with Crippen molar-refractivity contribution in [3.63, 3.8) is 0 Å². The maximum atomic E-state index is 12.8. The zero-order valence-electron chi connectivity index (χ0n) is 16.2. The number of likely N-dealkylation sites (N-methyl/N-ethyl adjacent to an activating group) is 2. The first kappa shape index (κ1) is 21.4. The van der Waals surface area contributed by atoms with E-state index in [1.165, 1.54) is 26.5 Å². The lowest BCUT2D eigenvalue weighted by Gasteiger charge is -2.34. The van der Waals surface area contributed by atoms with E-state index >= 15 is 0 Å². The summed E-state index contributed by atoms with van der Waals surface area (Å²) in [5, 5.41) is 20.3. The molecule has 8 nitrogen and oxygen atoms in total. The Morgan fingerprint density at radius 3 is 2.32 bits per heavy atom. The number of carbonyl (C=O) groups excluding carboxylic acids is 3. The molecule has 150 valence electrons. The average Bonchev–Trinajstić information content (AvgIpc) is 2.70. The molecule has 0 radical (unpaired) electrons. The van der Waals surface area contributed by atoms with Crippen molar-refractivity contribution in [3.8, 4) is 11.8 Å². The van der Waals surface area contributed by atoms with Crippen LogP contribution >= 0.6 is 0 Å². The quantitative estimate of drug-likeness (QED) is 0.248. The molecule has 2 rings (SSSR count). The third-order valence-corrected chi connectivity index (χ3v) is 5.23. The Morgan fingerprint density at radius 1 is 1.21 bits per heavy atom. The summed E-state index contributed by atoms with van der Waals surface area (Å²) in [6, 6.07) is 6.53. The second-order valence-corrected chi connectivity index (χ2v) is 7.02. The molecule has 3 amide bonds. The van der Waals surface area contributed by atoms with Gasteiger partial charge < -0.3 is 15.3 Å². The van der Waals surface area contributed by atoms with E-state index in [-0.39, 0.29) is 18.1 Å². The fourth-order valence-corrected chi connectivity index (χ4v) is 3.04. The standard InChI is InChI=1S/C20H25N3O5/c1-20(18(26)21-2,19(27)22-28)23(3)17(25)16-8-6-13(7-9-16)4-5-14-10-15(11-14)12-24/h6-9,14-15,24,28H,10-12H2,1-3H3,(H,21,26)(H,22,27). The first-order valence-electron chi connectivity index (χ1n) is 8.95. The summed E-state index contributed by atoms with van der Waals surface area (Å²) < 4.78 is 0. The lowest BCUT2D eigenvalue weighted by molar-refractivity contribution is -0.148. The first-order valence-corrected chi connectivity index (χ1v) is 8.95. The summed E-state index contributed by atoms with van der Waals surface area (Å²) in [6.45, 7) is 1.44. The largest absolute Gasteiger partial charge is 0.396 e. The third-order valence-electron chi connectivity index (χ3n) is 5.23. The van der Waals surface area contributed by atoms with Gasteiger partial charge in [0.2, 0.25) is 0 Å². The van der Waals surface area contributed by atoms with Crippen molar-refractivity contribution >= 4 is 17.7 Å². The minimum Gasteiger partial charge on any atom is -0.396 e. The smallest absolute Gasteiger partial charge is 0.278 e. The molecule has 4 N–H and O–H groups in total. The van der Waals surface area contributed by atoms with Crippen molar-refractivity contribution in [1.29, 1.82) is 0 Å². The Balaban J connectivity index is 2.14. The Hall–Kier alpha value is -2.89. The van der Waals surface area contributed by atoms with E-state index in [1.807, 2.05) is 0 Å². The molecule has 0 bridgehead atoms. The van der Waals surface area contributed by atoms with Gasteiger partial charge in [-0.1, -0.05) is 11.8 Å². The van der Waals surface area contributed by atoms with Gasteiger partial charge in [-0.15, -0.1) is 0 Å². The molecule has 1 unspecified atom stereocenters. The molecule has 1 aromatic rings. The SMILES string of the molecule is CNC(=O)C(C)(C(=O)NO)N(C)C(=O)c1ccc(C#CC2CC(CO)C2)cc1. The Kier molecular flexibility index (Phi) is 6.78. The zero-order chi connectivity index (χ0) is 20.9. The number of amides is 3. The number of nitrogens with zero attached hydrogens (tertiary/aromatic N) is 1. The summed E-state index contributed by atoms with van der Waals surface area (Å²) in [5.41, 5.74) is 0.531. The van der Waals surface area contributed by atoms with Crippen LogP contribution in [-0.4, -0.2) is 59.2 Å². The van der Waals surface area contributed by atoms with Crippen LogP contribution in [0.25, 0.3) is 0 Å². The molecule has 0 heterocycles.